The minimum atomic E-state index is -0.165. The number of aromatic nitrogens is 2. The Morgan fingerprint density at radius 1 is 1.19 bits per heavy atom. The zero-order valence-corrected chi connectivity index (χ0v) is 16.0. The van der Waals surface area contributed by atoms with Gasteiger partial charge in [0.05, 0.1) is 11.7 Å². The third kappa shape index (κ3) is 4.53. The first-order valence-corrected chi connectivity index (χ1v) is 8.85. The van der Waals surface area contributed by atoms with E-state index < -0.39 is 0 Å². The minimum absolute atomic E-state index is 0.0166. The molecule has 0 aliphatic heterocycles. The van der Waals surface area contributed by atoms with E-state index in [2.05, 4.69) is 10.1 Å². The molecule has 2 aromatic carbocycles. The van der Waals surface area contributed by atoms with Gasteiger partial charge in [0.2, 0.25) is 11.7 Å². The minimum Gasteiger partial charge on any atom is -0.490 e. The summed E-state index contributed by atoms with van der Waals surface area (Å²) in [7, 11) is 1.70. The van der Waals surface area contributed by atoms with Gasteiger partial charge < -0.3 is 14.2 Å². The molecule has 1 heterocycles. The highest BCUT2D eigenvalue weighted by Gasteiger charge is 2.19. The average Bonchev–Trinajstić information content (AvgIpc) is 3.09. The maximum absolute atomic E-state index is 12.8. The maximum atomic E-state index is 12.8. The number of hydrogen-bond acceptors (Lipinski definition) is 5. The lowest BCUT2D eigenvalue weighted by molar-refractivity contribution is 0.0763. The van der Waals surface area contributed by atoms with Crippen LogP contribution in [0.15, 0.2) is 53.1 Å². The Labute approximate surface area is 158 Å². The summed E-state index contributed by atoms with van der Waals surface area (Å²) >= 11 is 0. The van der Waals surface area contributed by atoms with E-state index in [1.54, 1.807) is 19.2 Å². The first kappa shape index (κ1) is 18.6. The number of carbonyl (C=O) groups is 1. The van der Waals surface area contributed by atoms with Crippen molar-refractivity contribution in [1.29, 1.82) is 0 Å². The molecule has 6 nitrogen and oxygen atoms in total. The zero-order valence-electron chi connectivity index (χ0n) is 16.0. The zero-order chi connectivity index (χ0) is 19.4. The smallest absolute Gasteiger partial charge is 0.257 e. The summed E-state index contributed by atoms with van der Waals surface area (Å²) in [5.41, 5.74) is 2.51. The Morgan fingerprint density at radius 2 is 1.96 bits per heavy atom. The fraction of sp³-hybridized carbons (Fsp3) is 0.286. The van der Waals surface area contributed by atoms with Gasteiger partial charge in [0.1, 0.15) is 12.3 Å². The van der Waals surface area contributed by atoms with Gasteiger partial charge in [0, 0.05) is 12.6 Å². The topological polar surface area (TPSA) is 68.5 Å². The van der Waals surface area contributed by atoms with Gasteiger partial charge in [0.25, 0.3) is 5.91 Å². The second-order valence-corrected chi connectivity index (χ2v) is 6.71. The van der Waals surface area contributed by atoms with E-state index in [1.165, 1.54) is 4.90 Å². The number of para-hydroxylation sites is 1. The van der Waals surface area contributed by atoms with Crippen molar-refractivity contribution in [3.8, 4) is 17.1 Å². The van der Waals surface area contributed by atoms with Crippen molar-refractivity contribution in [2.75, 3.05) is 7.05 Å². The van der Waals surface area contributed by atoms with Crippen molar-refractivity contribution in [1.82, 2.24) is 15.0 Å². The van der Waals surface area contributed by atoms with Gasteiger partial charge in [-0.15, -0.1) is 0 Å². The molecule has 0 N–H and O–H groups in total. The van der Waals surface area contributed by atoms with Crippen LogP contribution in [-0.4, -0.2) is 34.1 Å². The quantitative estimate of drug-likeness (QED) is 0.658. The van der Waals surface area contributed by atoms with Crippen LogP contribution in [0.4, 0.5) is 0 Å². The second-order valence-electron chi connectivity index (χ2n) is 6.71. The fourth-order valence-corrected chi connectivity index (χ4v) is 2.70. The lowest BCUT2D eigenvalue weighted by Gasteiger charge is -2.18. The van der Waals surface area contributed by atoms with E-state index in [-0.39, 0.29) is 18.6 Å². The SMILES string of the molecule is Cc1cccc(-c2noc(CN(C)C(=O)c3ccccc3OC(C)C)n2)c1. The van der Waals surface area contributed by atoms with Gasteiger partial charge in [-0.3, -0.25) is 4.79 Å². The van der Waals surface area contributed by atoms with Crippen LogP contribution in [0.25, 0.3) is 11.4 Å². The third-order valence-electron chi connectivity index (χ3n) is 3.94. The van der Waals surface area contributed by atoms with Crippen LogP contribution in [0.2, 0.25) is 0 Å². The molecule has 1 amide bonds. The van der Waals surface area contributed by atoms with Gasteiger partial charge in [-0.1, -0.05) is 41.1 Å². The number of rotatable bonds is 6. The van der Waals surface area contributed by atoms with E-state index in [9.17, 15) is 4.79 Å². The summed E-state index contributed by atoms with van der Waals surface area (Å²) < 4.78 is 11.1. The van der Waals surface area contributed by atoms with Crippen LogP contribution in [0.1, 0.15) is 35.7 Å². The summed E-state index contributed by atoms with van der Waals surface area (Å²) in [4.78, 5) is 18.8. The van der Waals surface area contributed by atoms with E-state index >= 15 is 0 Å². The molecule has 0 radical (unpaired) electrons. The number of ether oxygens (including phenoxy) is 1. The molecule has 0 spiro atoms. The molecule has 3 aromatic rings. The van der Waals surface area contributed by atoms with Crippen LogP contribution >= 0.6 is 0 Å². The number of carbonyl (C=O) groups excluding carboxylic acids is 1. The van der Waals surface area contributed by atoms with Crippen molar-refractivity contribution in [3.05, 3.63) is 65.5 Å². The van der Waals surface area contributed by atoms with Crippen molar-refractivity contribution in [3.63, 3.8) is 0 Å². The first-order valence-electron chi connectivity index (χ1n) is 8.85. The fourth-order valence-electron chi connectivity index (χ4n) is 2.70. The van der Waals surface area contributed by atoms with Crippen LogP contribution in [0.5, 0.6) is 5.75 Å². The van der Waals surface area contributed by atoms with Gasteiger partial charge in [-0.25, -0.2) is 0 Å². The lowest BCUT2D eigenvalue weighted by Crippen LogP contribution is -2.27. The second kappa shape index (κ2) is 8.03. The standard InChI is InChI=1S/C21H23N3O3/c1-14(2)26-18-11-6-5-10-17(18)21(25)24(4)13-19-22-20(23-27-19)16-9-7-8-15(3)12-16/h5-12,14H,13H2,1-4H3. The average molecular weight is 365 g/mol. The lowest BCUT2D eigenvalue weighted by atomic mass is 10.1. The molecule has 0 fully saturated rings. The van der Waals surface area contributed by atoms with Crippen LogP contribution in [0.3, 0.4) is 0 Å². The Morgan fingerprint density at radius 3 is 2.70 bits per heavy atom. The molecule has 3 rings (SSSR count). The summed E-state index contributed by atoms with van der Waals surface area (Å²) in [5.74, 6) is 1.29. The highest BCUT2D eigenvalue weighted by Crippen LogP contribution is 2.22. The molecule has 0 aliphatic rings. The summed E-state index contributed by atoms with van der Waals surface area (Å²) in [5, 5.41) is 4.02. The normalized spacial score (nSPS) is 10.9. The third-order valence-corrected chi connectivity index (χ3v) is 3.94. The van der Waals surface area contributed by atoms with Crippen molar-refractivity contribution in [2.24, 2.45) is 0 Å². The molecule has 1 aromatic heterocycles. The molecule has 27 heavy (non-hydrogen) atoms. The number of aryl methyl sites for hydroxylation is 1. The Kier molecular flexibility index (Phi) is 5.54. The Hall–Kier alpha value is -3.15. The van der Waals surface area contributed by atoms with Crippen LogP contribution < -0.4 is 4.74 Å². The molecule has 0 bridgehead atoms. The molecule has 0 unspecified atom stereocenters. The number of amides is 1. The highest BCUT2D eigenvalue weighted by molar-refractivity contribution is 5.96. The number of benzene rings is 2. The van der Waals surface area contributed by atoms with Crippen molar-refractivity contribution >= 4 is 5.91 Å². The number of nitrogens with zero attached hydrogens (tertiary/aromatic N) is 3. The van der Waals surface area contributed by atoms with E-state index in [1.807, 2.05) is 57.2 Å². The molecule has 6 heteroatoms. The molecular weight excluding hydrogens is 342 g/mol. The summed E-state index contributed by atoms with van der Waals surface area (Å²) in [6.45, 7) is 6.08. The predicted molar refractivity (Wildman–Crippen MR) is 102 cm³/mol. The molecule has 140 valence electrons. The monoisotopic (exact) mass is 365 g/mol. The molecular formula is C21H23N3O3. The van der Waals surface area contributed by atoms with E-state index in [0.29, 0.717) is 23.0 Å². The van der Waals surface area contributed by atoms with Gasteiger partial charge in [-0.05, 0) is 39.0 Å². The summed E-state index contributed by atoms with van der Waals surface area (Å²) in [6.07, 6.45) is -0.0166. The Bertz CT molecular complexity index is 934. The van der Waals surface area contributed by atoms with E-state index in [4.69, 9.17) is 9.26 Å². The maximum Gasteiger partial charge on any atom is 0.257 e. The highest BCUT2D eigenvalue weighted by atomic mass is 16.5. The van der Waals surface area contributed by atoms with Gasteiger partial charge >= 0.3 is 0 Å². The molecule has 0 aliphatic carbocycles. The van der Waals surface area contributed by atoms with Crippen LogP contribution in [-0.2, 0) is 6.54 Å². The first-order chi connectivity index (χ1) is 12.9. The van der Waals surface area contributed by atoms with Gasteiger partial charge in [0.15, 0.2) is 0 Å². The van der Waals surface area contributed by atoms with E-state index in [0.717, 1.165) is 11.1 Å². The summed E-state index contributed by atoms with van der Waals surface area (Å²) in [6, 6.07) is 15.1. The largest absolute Gasteiger partial charge is 0.490 e. The Balaban J connectivity index is 1.74. The van der Waals surface area contributed by atoms with Crippen molar-refractivity contribution < 1.29 is 14.1 Å². The van der Waals surface area contributed by atoms with Crippen molar-refractivity contribution in [2.45, 2.75) is 33.4 Å². The molecule has 0 atom stereocenters. The molecule has 0 saturated heterocycles. The predicted octanol–water partition coefficient (Wildman–Crippen LogP) is 4.10. The number of hydrogen-bond donors (Lipinski definition) is 0. The van der Waals surface area contributed by atoms with Gasteiger partial charge in [-0.2, -0.15) is 4.98 Å². The molecule has 0 saturated carbocycles. The van der Waals surface area contributed by atoms with Crippen LogP contribution in [0, 0.1) is 6.92 Å².